The normalized spacial score (nSPS) is 16.6. The average molecular weight is 235 g/mol. The zero-order valence-electron chi connectivity index (χ0n) is 10.1. The summed E-state index contributed by atoms with van der Waals surface area (Å²) in [6.45, 7) is 2.62. The number of rotatable bonds is 5. The summed E-state index contributed by atoms with van der Waals surface area (Å²) >= 11 is 0. The monoisotopic (exact) mass is 235 g/mol. The zero-order chi connectivity index (χ0) is 12.3. The van der Waals surface area contributed by atoms with Crippen molar-refractivity contribution in [3.63, 3.8) is 0 Å². The van der Waals surface area contributed by atoms with Gasteiger partial charge in [0.2, 0.25) is 5.91 Å². The van der Waals surface area contributed by atoms with Crippen LogP contribution in [0.5, 0.6) is 0 Å². The van der Waals surface area contributed by atoms with Crippen LogP contribution in [0.1, 0.15) is 25.3 Å². The topological polar surface area (TPSA) is 29.1 Å². The van der Waals surface area contributed by atoms with E-state index in [1.54, 1.807) is 12.1 Å². The molecule has 2 rings (SSSR count). The van der Waals surface area contributed by atoms with Gasteiger partial charge in [-0.2, -0.15) is 0 Å². The quantitative estimate of drug-likeness (QED) is 0.835. The van der Waals surface area contributed by atoms with Crippen molar-refractivity contribution in [2.45, 2.75) is 26.2 Å². The minimum absolute atomic E-state index is 0.142. The second-order valence-electron chi connectivity index (χ2n) is 4.79. The maximum atomic E-state index is 12.7. The van der Waals surface area contributed by atoms with Gasteiger partial charge in [0.15, 0.2) is 0 Å². The highest BCUT2D eigenvalue weighted by Gasteiger charge is 2.32. The van der Waals surface area contributed by atoms with E-state index in [-0.39, 0.29) is 17.6 Å². The molecule has 1 atom stereocenters. The second-order valence-corrected chi connectivity index (χ2v) is 4.79. The van der Waals surface area contributed by atoms with Crippen molar-refractivity contribution in [3.8, 4) is 0 Å². The van der Waals surface area contributed by atoms with E-state index in [9.17, 15) is 9.18 Å². The lowest BCUT2D eigenvalue weighted by Gasteiger charge is -2.10. The molecule has 0 spiro atoms. The van der Waals surface area contributed by atoms with E-state index in [1.807, 2.05) is 6.92 Å². The van der Waals surface area contributed by atoms with Crippen molar-refractivity contribution in [2.75, 3.05) is 6.54 Å². The zero-order valence-corrected chi connectivity index (χ0v) is 10.1. The summed E-state index contributed by atoms with van der Waals surface area (Å²) in [5.41, 5.74) is 1.05. The van der Waals surface area contributed by atoms with Gasteiger partial charge in [0, 0.05) is 12.5 Å². The van der Waals surface area contributed by atoms with Gasteiger partial charge in [-0.1, -0.05) is 19.1 Å². The summed E-state index contributed by atoms with van der Waals surface area (Å²) in [6.07, 6.45) is 3.13. The molecule has 0 saturated heterocycles. The first-order chi connectivity index (χ1) is 8.16. The first-order valence-electron chi connectivity index (χ1n) is 6.19. The maximum absolute atomic E-state index is 12.7. The highest BCUT2D eigenvalue weighted by atomic mass is 19.1. The molecule has 1 aliphatic carbocycles. The van der Waals surface area contributed by atoms with Gasteiger partial charge in [-0.25, -0.2) is 4.39 Å². The lowest BCUT2D eigenvalue weighted by molar-refractivity contribution is -0.125. The highest BCUT2D eigenvalue weighted by molar-refractivity contribution is 5.78. The molecular weight excluding hydrogens is 217 g/mol. The molecule has 3 heteroatoms. The van der Waals surface area contributed by atoms with Gasteiger partial charge in [0.05, 0.1) is 0 Å². The van der Waals surface area contributed by atoms with Crippen LogP contribution < -0.4 is 5.32 Å². The van der Waals surface area contributed by atoms with Crippen LogP contribution in [0.4, 0.5) is 4.39 Å². The van der Waals surface area contributed by atoms with Crippen molar-refractivity contribution in [2.24, 2.45) is 11.8 Å². The maximum Gasteiger partial charge on any atom is 0.223 e. The first-order valence-corrected chi connectivity index (χ1v) is 6.19. The Balaban J connectivity index is 1.71. The molecule has 1 N–H and O–H groups in total. The molecule has 0 heterocycles. The Morgan fingerprint density at radius 3 is 2.65 bits per heavy atom. The lowest BCUT2D eigenvalue weighted by atomic mass is 10.1. The lowest BCUT2D eigenvalue weighted by Crippen LogP contribution is -2.31. The van der Waals surface area contributed by atoms with Crippen LogP contribution >= 0.6 is 0 Å². The molecule has 0 radical (unpaired) electrons. The van der Waals surface area contributed by atoms with Gasteiger partial charge in [0.25, 0.3) is 0 Å². The molecule has 0 aromatic heterocycles. The van der Waals surface area contributed by atoms with Crippen LogP contribution in [0.3, 0.4) is 0 Å². The molecular formula is C14H18FNO. The molecule has 0 bridgehead atoms. The Morgan fingerprint density at radius 2 is 2.06 bits per heavy atom. The molecule has 0 aliphatic heterocycles. The third kappa shape index (κ3) is 3.55. The van der Waals surface area contributed by atoms with Gasteiger partial charge in [0.1, 0.15) is 5.82 Å². The van der Waals surface area contributed by atoms with Crippen molar-refractivity contribution >= 4 is 5.91 Å². The van der Waals surface area contributed by atoms with E-state index in [4.69, 9.17) is 0 Å². The van der Waals surface area contributed by atoms with E-state index in [0.717, 1.165) is 12.0 Å². The van der Waals surface area contributed by atoms with Crippen LogP contribution in [-0.4, -0.2) is 12.5 Å². The molecule has 1 aromatic rings. The van der Waals surface area contributed by atoms with Crippen LogP contribution in [0.2, 0.25) is 0 Å². The van der Waals surface area contributed by atoms with Crippen LogP contribution in [-0.2, 0) is 11.2 Å². The van der Waals surface area contributed by atoms with Gasteiger partial charge >= 0.3 is 0 Å². The van der Waals surface area contributed by atoms with Crippen LogP contribution in [0.15, 0.2) is 24.3 Å². The molecule has 1 saturated carbocycles. The second kappa shape index (κ2) is 5.30. The van der Waals surface area contributed by atoms with Crippen LogP contribution in [0.25, 0.3) is 0 Å². The highest BCUT2D eigenvalue weighted by Crippen LogP contribution is 2.36. The van der Waals surface area contributed by atoms with Gasteiger partial charge in [-0.3, -0.25) is 4.79 Å². The third-order valence-corrected chi connectivity index (χ3v) is 3.37. The minimum atomic E-state index is -0.222. The Hall–Kier alpha value is -1.38. The van der Waals surface area contributed by atoms with E-state index in [0.29, 0.717) is 12.5 Å². The Labute approximate surface area is 101 Å². The fourth-order valence-corrected chi connectivity index (χ4v) is 1.95. The fraction of sp³-hybridized carbons (Fsp3) is 0.500. The van der Waals surface area contributed by atoms with Crippen molar-refractivity contribution in [1.82, 2.24) is 5.32 Å². The summed E-state index contributed by atoms with van der Waals surface area (Å²) in [7, 11) is 0. The Kier molecular flexibility index (Phi) is 3.77. The SMILES string of the molecule is CC(C(=O)NCCc1ccc(F)cc1)C1CC1. The smallest absolute Gasteiger partial charge is 0.223 e. The van der Waals surface area contributed by atoms with Crippen LogP contribution in [0, 0.1) is 17.7 Å². The molecule has 1 aromatic carbocycles. The van der Waals surface area contributed by atoms with E-state index >= 15 is 0 Å². The van der Waals surface area contributed by atoms with E-state index in [2.05, 4.69) is 5.32 Å². The Bertz CT molecular complexity index is 384. The predicted octanol–water partition coefficient (Wildman–Crippen LogP) is 2.53. The molecule has 17 heavy (non-hydrogen) atoms. The standard InChI is InChI=1S/C14H18FNO/c1-10(12-4-5-12)14(17)16-9-8-11-2-6-13(15)7-3-11/h2-3,6-7,10,12H,4-5,8-9H2,1H3,(H,16,17). The number of carbonyl (C=O) groups excluding carboxylic acids is 1. The number of carbonyl (C=O) groups is 1. The number of benzene rings is 1. The van der Waals surface area contributed by atoms with Crippen molar-refractivity contribution in [3.05, 3.63) is 35.6 Å². The largest absolute Gasteiger partial charge is 0.356 e. The number of hydrogen-bond acceptors (Lipinski definition) is 1. The van der Waals surface area contributed by atoms with Crippen molar-refractivity contribution < 1.29 is 9.18 Å². The third-order valence-electron chi connectivity index (χ3n) is 3.37. The predicted molar refractivity (Wildman–Crippen MR) is 65.0 cm³/mol. The first kappa shape index (κ1) is 12.1. The van der Waals surface area contributed by atoms with Gasteiger partial charge < -0.3 is 5.32 Å². The van der Waals surface area contributed by atoms with Gasteiger partial charge in [-0.15, -0.1) is 0 Å². The summed E-state index contributed by atoms with van der Waals surface area (Å²) in [5, 5.41) is 2.93. The summed E-state index contributed by atoms with van der Waals surface area (Å²) in [4.78, 5) is 11.7. The number of halogens is 1. The van der Waals surface area contributed by atoms with Crippen molar-refractivity contribution in [1.29, 1.82) is 0 Å². The summed E-state index contributed by atoms with van der Waals surface area (Å²) in [5.74, 6) is 0.666. The number of amides is 1. The molecule has 1 amide bonds. The van der Waals surface area contributed by atoms with E-state index < -0.39 is 0 Å². The summed E-state index contributed by atoms with van der Waals surface area (Å²) < 4.78 is 12.7. The minimum Gasteiger partial charge on any atom is -0.356 e. The van der Waals surface area contributed by atoms with E-state index in [1.165, 1.54) is 25.0 Å². The molecule has 2 nitrogen and oxygen atoms in total. The molecule has 1 aliphatic rings. The molecule has 1 fully saturated rings. The number of nitrogens with one attached hydrogen (secondary N) is 1. The number of hydrogen-bond donors (Lipinski definition) is 1. The molecule has 1 unspecified atom stereocenters. The molecule has 92 valence electrons. The average Bonchev–Trinajstić information content (AvgIpc) is 3.14. The Morgan fingerprint density at radius 1 is 1.41 bits per heavy atom. The summed E-state index contributed by atoms with van der Waals surface area (Å²) in [6, 6.07) is 6.41. The van der Waals surface area contributed by atoms with Gasteiger partial charge in [-0.05, 0) is 42.9 Å². The fourth-order valence-electron chi connectivity index (χ4n) is 1.95.